The maximum Gasteiger partial charge on any atom is 0.326 e. The van der Waals surface area contributed by atoms with E-state index in [4.69, 9.17) is 5.73 Å². The van der Waals surface area contributed by atoms with Crippen molar-refractivity contribution < 1.29 is 24.3 Å². The molecule has 11 heteroatoms. The molecule has 7 N–H and O–H groups in total. The zero-order valence-electron chi connectivity index (χ0n) is 20.2. The van der Waals surface area contributed by atoms with Gasteiger partial charge in [-0.1, -0.05) is 50.6 Å². The maximum absolute atomic E-state index is 13.0. The minimum Gasteiger partial charge on any atom is -0.480 e. The Morgan fingerprint density at radius 2 is 1.69 bits per heavy atom. The molecule has 1 aromatic heterocycles. The zero-order chi connectivity index (χ0) is 26.0. The van der Waals surface area contributed by atoms with Gasteiger partial charge in [-0.05, 0) is 24.8 Å². The Kier molecular flexibility index (Phi) is 10.4. The Morgan fingerprint density at radius 3 is 2.26 bits per heavy atom. The largest absolute Gasteiger partial charge is 0.480 e. The molecule has 0 saturated carbocycles. The quantitative estimate of drug-likeness (QED) is 0.233. The van der Waals surface area contributed by atoms with Gasteiger partial charge in [-0.25, -0.2) is 9.78 Å². The first-order valence-corrected chi connectivity index (χ1v) is 11.5. The number of carbonyl (C=O) groups excluding carboxylic acids is 3. The number of aromatic nitrogens is 2. The molecule has 0 bridgehead atoms. The van der Waals surface area contributed by atoms with Crippen LogP contribution in [0.5, 0.6) is 0 Å². The van der Waals surface area contributed by atoms with Crippen LogP contribution >= 0.6 is 0 Å². The topological polar surface area (TPSA) is 179 Å². The number of nitrogens with one attached hydrogen (secondary N) is 4. The maximum atomic E-state index is 13.0. The van der Waals surface area contributed by atoms with Gasteiger partial charge in [0, 0.05) is 18.3 Å². The zero-order valence-corrected chi connectivity index (χ0v) is 20.2. The summed E-state index contributed by atoms with van der Waals surface area (Å²) in [6.07, 6.45) is 3.77. The van der Waals surface area contributed by atoms with Crippen molar-refractivity contribution >= 4 is 23.7 Å². The molecule has 5 atom stereocenters. The Morgan fingerprint density at radius 1 is 1.00 bits per heavy atom. The van der Waals surface area contributed by atoms with Crippen molar-refractivity contribution in [1.29, 1.82) is 0 Å². The monoisotopic (exact) mass is 486 g/mol. The first-order valence-electron chi connectivity index (χ1n) is 11.5. The average molecular weight is 487 g/mol. The number of hydrogen-bond acceptors (Lipinski definition) is 6. The molecule has 35 heavy (non-hydrogen) atoms. The Labute approximate surface area is 204 Å². The molecule has 2 aromatic rings. The number of nitrogens with zero attached hydrogens (tertiary/aromatic N) is 1. The number of nitrogens with two attached hydrogens (primary N) is 1. The second-order valence-corrected chi connectivity index (χ2v) is 8.58. The number of aromatic amines is 1. The summed E-state index contributed by atoms with van der Waals surface area (Å²) in [5.41, 5.74) is 7.42. The third kappa shape index (κ3) is 8.53. The first kappa shape index (κ1) is 27.5. The van der Waals surface area contributed by atoms with Crippen LogP contribution in [0.25, 0.3) is 0 Å². The number of rotatable bonds is 13. The number of hydrogen-bond donors (Lipinski definition) is 6. The molecular formula is C24H34N6O5. The van der Waals surface area contributed by atoms with Crippen molar-refractivity contribution in [2.24, 2.45) is 11.7 Å². The summed E-state index contributed by atoms with van der Waals surface area (Å²) in [5, 5.41) is 17.2. The molecule has 0 radical (unpaired) electrons. The van der Waals surface area contributed by atoms with Gasteiger partial charge in [-0.15, -0.1) is 0 Å². The number of carboxylic acids is 1. The lowest BCUT2D eigenvalue weighted by atomic mass is 9.97. The number of aliphatic carboxylic acids is 1. The van der Waals surface area contributed by atoms with Gasteiger partial charge in [-0.3, -0.25) is 14.4 Å². The van der Waals surface area contributed by atoms with E-state index in [9.17, 15) is 24.3 Å². The van der Waals surface area contributed by atoms with Gasteiger partial charge in [0.1, 0.15) is 18.1 Å². The summed E-state index contributed by atoms with van der Waals surface area (Å²) < 4.78 is 0. The number of amides is 3. The fourth-order valence-corrected chi connectivity index (χ4v) is 3.40. The summed E-state index contributed by atoms with van der Waals surface area (Å²) in [7, 11) is 0. The minimum absolute atomic E-state index is 0.00795. The van der Waals surface area contributed by atoms with Crippen LogP contribution in [-0.4, -0.2) is 62.9 Å². The predicted octanol–water partition coefficient (Wildman–Crippen LogP) is 0.127. The average Bonchev–Trinajstić information content (AvgIpc) is 3.35. The highest BCUT2D eigenvalue weighted by Crippen LogP contribution is 2.10. The Bertz CT molecular complexity index is 982. The van der Waals surface area contributed by atoms with Crippen molar-refractivity contribution in [3.05, 3.63) is 54.1 Å². The molecule has 0 fully saturated rings. The van der Waals surface area contributed by atoms with Gasteiger partial charge in [0.2, 0.25) is 17.7 Å². The SMILES string of the molecule is CCC(C)C(NC(=O)C(C)NC(=O)C(N)Cc1ccccc1)C(=O)NC(Cc1cnc[nH]1)C(=O)O. The second kappa shape index (κ2) is 13.2. The van der Waals surface area contributed by atoms with Gasteiger partial charge in [0.25, 0.3) is 0 Å². The number of carbonyl (C=O) groups is 4. The molecule has 3 amide bonds. The van der Waals surface area contributed by atoms with E-state index in [1.165, 1.54) is 19.4 Å². The summed E-state index contributed by atoms with van der Waals surface area (Å²) >= 11 is 0. The van der Waals surface area contributed by atoms with E-state index in [-0.39, 0.29) is 12.3 Å². The van der Waals surface area contributed by atoms with Crippen LogP contribution in [0.2, 0.25) is 0 Å². The van der Waals surface area contributed by atoms with Gasteiger partial charge >= 0.3 is 5.97 Å². The van der Waals surface area contributed by atoms with Crippen molar-refractivity contribution in [2.45, 2.75) is 64.2 Å². The summed E-state index contributed by atoms with van der Waals surface area (Å²) in [6, 6.07) is 5.27. The molecule has 2 rings (SSSR count). The van der Waals surface area contributed by atoms with Crippen LogP contribution in [0.4, 0.5) is 0 Å². The lowest BCUT2D eigenvalue weighted by molar-refractivity contribution is -0.142. The molecule has 5 unspecified atom stereocenters. The number of H-pyrrole nitrogens is 1. The van der Waals surface area contributed by atoms with Crippen LogP contribution in [0.15, 0.2) is 42.9 Å². The summed E-state index contributed by atoms with van der Waals surface area (Å²) in [6.45, 7) is 5.12. The van der Waals surface area contributed by atoms with Crippen LogP contribution in [0.1, 0.15) is 38.4 Å². The Hall–Kier alpha value is -3.73. The molecule has 11 nitrogen and oxygen atoms in total. The second-order valence-electron chi connectivity index (χ2n) is 8.58. The molecule has 1 heterocycles. The van der Waals surface area contributed by atoms with Gasteiger partial charge in [0.05, 0.1) is 12.4 Å². The van der Waals surface area contributed by atoms with E-state index in [1.807, 2.05) is 37.3 Å². The summed E-state index contributed by atoms with van der Waals surface area (Å²) in [5.74, 6) is -3.20. The van der Waals surface area contributed by atoms with E-state index in [2.05, 4.69) is 25.9 Å². The summed E-state index contributed by atoms with van der Waals surface area (Å²) in [4.78, 5) is 56.5. The van der Waals surface area contributed by atoms with E-state index < -0.39 is 47.9 Å². The van der Waals surface area contributed by atoms with Crippen LogP contribution < -0.4 is 21.7 Å². The Balaban J connectivity index is 1.99. The van der Waals surface area contributed by atoms with E-state index in [0.29, 0.717) is 18.5 Å². The van der Waals surface area contributed by atoms with Crippen molar-refractivity contribution in [3.8, 4) is 0 Å². The highest BCUT2D eigenvalue weighted by atomic mass is 16.4. The highest BCUT2D eigenvalue weighted by molar-refractivity contribution is 5.94. The van der Waals surface area contributed by atoms with Crippen molar-refractivity contribution in [3.63, 3.8) is 0 Å². The smallest absolute Gasteiger partial charge is 0.326 e. The van der Waals surface area contributed by atoms with Crippen LogP contribution in [0, 0.1) is 5.92 Å². The van der Waals surface area contributed by atoms with Crippen LogP contribution in [0.3, 0.4) is 0 Å². The highest BCUT2D eigenvalue weighted by Gasteiger charge is 2.31. The van der Waals surface area contributed by atoms with Gasteiger partial charge in [-0.2, -0.15) is 0 Å². The molecule has 190 valence electrons. The minimum atomic E-state index is -1.21. The predicted molar refractivity (Wildman–Crippen MR) is 129 cm³/mol. The molecule has 0 spiro atoms. The fourth-order valence-electron chi connectivity index (χ4n) is 3.40. The lowest BCUT2D eigenvalue weighted by Crippen LogP contribution is -2.58. The lowest BCUT2D eigenvalue weighted by Gasteiger charge is -2.27. The molecule has 1 aromatic carbocycles. The van der Waals surface area contributed by atoms with Crippen LogP contribution in [-0.2, 0) is 32.0 Å². The normalized spacial score (nSPS) is 15.2. The van der Waals surface area contributed by atoms with E-state index in [0.717, 1.165) is 5.56 Å². The molecule has 0 aliphatic rings. The number of benzene rings is 1. The number of carboxylic acid groups (broad SMARTS) is 1. The standard InChI is InChI=1S/C24H34N6O5/c1-4-14(2)20(23(33)29-19(24(34)35)11-17-12-26-13-27-17)30-21(31)15(3)28-22(32)18(25)10-16-8-6-5-7-9-16/h5-9,12-15,18-20H,4,10-11,25H2,1-3H3,(H,26,27)(H,28,32)(H,29,33)(H,30,31)(H,34,35). The third-order valence-corrected chi connectivity index (χ3v) is 5.77. The molecule has 0 saturated heterocycles. The fraction of sp³-hybridized carbons (Fsp3) is 0.458. The van der Waals surface area contributed by atoms with Gasteiger partial charge in [0.15, 0.2) is 0 Å². The molecule has 0 aliphatic heterocycles. The van der Waals surface area contributed by atoms with E-state index >= 15 is 0 Å². The molecule has 0 aliphatic carbocycles. The molecular weight excluding hydrogens is 452 g/mol. The first-order chi connectivity index (χ1) is 16.6. The van der Waals surface area contributed by atoms with E-state index in [1.54, 1.807) is 6.92 Å². The third-order valence-electron chi connectivity index (χ3n) is 5.77. The van der Waals surface area contributed by atoms with Crippen molar-refractivity contribution in [2.75, 3.05) is 0 Å². The number of imidazole rings is 1. The van der Waals surface area contributed by atoms with Gasteiger partial charge < -0.3 is 31.8 Å². The van der Waals surface area contributed by atoms with Crippen molar-refractivity contribution in [1.82, 2.24) is 25.9 Å².